The number of likely N-dealkylation sites (tertiary alicyclic amines) is 1. The van der Waals surface area contributed by atoms with Gasteiger partial charge < -0.3 is 25.4 Å². The Morgan fingerprint density at radius 2 is 1.97 bits per heavy atom. The molecule has 4 N–H and O–H groups in total. The highest BCUT2D eigenvalue weighted by molar-refractivity contribution is 5.79. The van der Waals surface area contributed by atoms with Gasteiger partial charge in [-0.05, 0) is 50.0 Å². The minimum Gasteiger partial charge on any atom is -0.385 e. The number of carbonyl (C=O) groups is 1. The molecule has 3 rings (SSSR count). The Hall–Kier alpha value is -1.10. The molecule has 3 aliphatic rings. The molecule has 0 bridgehead atoms. The van der Waals surface area contributed by atoms with E-state index in [4.69, 9.17) is 9.73 Å². The summed E-state index contributed by atoms with van der Waals surface area (Å²) in [5.41, 5.74) is -0.0359. The molecule has 214 valence electrons. The van der Waals surface area contributed by atoms with Gasteiger partial charge in [0.15, 0.2) is 0 Å². The molecule has 3 heterocycles. The number of piperidine rings is 2. The third-order valence-corrected chi connectivity index (χ3v) is 7.91. The maximum Gasteiger partial charge on any atom is 0.227 e. The monoisotopic (exact) mass is 522 g/mol. The van der Waals surface area contributed by atoms with Crippen LogP contribution < -0.4 is 16.0 Å². The Morgan fingerprint density at radius 3 is 2.62 bits per heavy atom. The van der Waals surface area contributed by atoms with E-state index in [1.54, 1.807) is 7.11 Å². The minimum absolute atomic E-state index is 0.0303. The Balaban J connectivity index is 1.76. The lowest BCUT2D eigenvalue weighted by Crippen LogP contribution is -2.65. The fourth-order valence-corrected chi connectivity index (χ4v) is 5.84. The fourth-order valence-electron chi connectivity index (χ4n) is 5.84. The first-order valence-corrected chi connectivity index (χ1v) is 14.6. The van der Waals surface area contributed by atoms with Gasteiger partial charge in [-0.15, -0.1) is 0 Å². The average Bonchev–Trinajstić information content (AvgIpc) is 2.89. The van der Waals surface area contributed by atoms with Gasteiger partial charge >= 0.3 is 0 Å². The smallest absolute Gasteiger partial charge is 0.227 e. The summed E-state index contributed by atoms with van der Waals surface area (Å²) < 4.78 is 5.23. The highest BCUT2D eigenvalue weighted by atomic mass is 16.5. The van der Waals surface area contributed by atoms with Crippen LogP contribution in [0.1, 0.15) is 66.7 Å². The third-order valence-electron chi connectivity index (χ3n) is 7.91. The second-order valence-electron chi connectivity index (χ2n) is 12.7. The van der Waals surface area contributed by atoms with Gasteiger partial charge in [0.1, 0.15) is 12.4 Å². The van der Waals surface area contributed by atoms with Crippen molar-refractivity contribution in [3.05, 3.63) is 0 Å². The van der Waals surface area contributed by atoms with E-state index in [1.165, 1.54) is 6.42 Å². The number of rotatable bonds is 11. The van der Waals surface area contributed by atoms with Crippen LogP contribution in [0.25, 0.3) is 0 Å². The fraction of sp³-hybridized carbons (Fsp3) is 0.929. The predicted octanol–water partition coefficient (Wildman–Crippen LogP) is 1.87. The maximum atomic E-state index is 13.3. The van der Waals surface area contributed by atoms with Crippen molar-refractivity contribution >= 4 is 12.1 Å². The van der Waals surface area contributed by atoms with Crippen molar-refractivity contribution in [1.82, 2.24) is 25.8 Å². The van der Waals surface area contributed by atoms with Crippen molar-refractivity contribution in [2.24, 2.45) is 28.2 Å². The second kappa shape index (κ2) is 14.3. The number of hydrogen-bond donors (Lipinski definition) is 4. The van der Waals surface area contributed by atoms with Crippen LogP contribution in [0, 0.1) is 23.2 Å². The Morgan fingerprint density at radius 1 is 1.24 bits per heavy atom. The molecule has 37 heavy (non-hydrogen) atoms. The second-order valence-corrected chi connectivity index (χ2v) is 12.7. The van der Waals surface area contributed by atoms with E-state index in [9.17, 15) is 9.90 Å². The van der Waals surface area contributed by atoms with Crippen molar-refractivity contribution < 1.29 is 14.6 Å². The first kappa shape index (κ1) is 30.4. The molecule has 0 spiro atoms. The first-order valence-electron chi connectivity index (χ1n) is 14.6. The summed E-state index contributed by atoms with van der Waals surface area (Å²) in [7, 11) is 1.72. The topological polar surface area (TPSA) is 101 Å². The van der Waals surface area contributed by atoms with Crippen molar-refractivity contribution in [3.8, 4) is 0 Å². The highest BCUT2D eigenvalue weighted by Crippen LogP contribution is 2.28. The number of amides is 1. The molecule has 9 nitrogen and oxygen atoms in total. The Bertz CT molecular complexity index is 721. The summed E-state index contributed by atoms with van der Waals surface area (Å²) in [4.78, 5) is 22.5. The minimum atomic E-state index is -0.713. The molecule has 1 amide bonds. The number of ether oxygens (including phenoxy) is 1. The lowest BCUT2D eigenvalue weighted by molar-refractivity contribution is -0.139. The van der Waals surface area contributed by atoms with Gasteiger partial charge in [0, 0.05) is 58.7 Å². The number of aliphatic hydroxyl groups is 1. The summed E-state index contributed by atoms with van der Waals surface area (Å²) in [5, 5.41) is 22.7. The quantitative estimate of drug-likeness (QED) is 0.243. The summed E-state index contributed by atoms with van der Waals surface area (Å²) in [5.74, 6) is 0.419. The van der Waals surface area contributed by atoms with Crippen molar-refractivity contribution in [3.63, 3.8) is 0 Å². The van der Waals surface area contributed by atoms with Crippen molar-refractivity contribution in [2.45, 2.75) is 91.3 Å². The molecule has 0 radical (unpaired) electrons. The molecule has 6 atom stereocenters. The zero-order valence-corrected chi connectivity index (χ0v) is 24.2. The number of aliphatic imine (C=N–C) groups is 1. The van der Waals surface area contributed by atoms with E-state index in [1.807, 2.05) is 6.21 Å². The van der Waals surface area contributed by atoms with Gasteiger partial charge in [0.05, 0.1) is 18.0 Å². The normalized spacial score (nSPS) is 30.2. The predicted molar refractivity (Wildman–Crippen MR) is 149 cm³/mol. The molecule has 3 aliphatic heterocycles. The van der Waals surface area contributed by atoms with Gasteiger partial charge in [-0.1, -0.05) is 34.6 Å². The number of carbonyl (C=O) groups excluding carboxylic acids is 1. The Kier molecular flexibility index (Phi) is 11.8. The average molecular weight is 523 g/mol. The lowest BCUT2D eigenvalue weighted by atomic mass is 9.88. The number of methoxy groups -OCH3 is 1. The number of nitrogens with one attached hydrogen (secondary N) is 3. The van der Waals surface area contributed by atoms with E-state index in [0.717, 1.165) is 65.0 Å². The van der Waals surface area contributed by atoms with Crippen LogP contribution >= 0.6 is 0 Å². The van der Waals surface area contributed by atoms with Crippen LogP contribution in [0.15, 0.2) is 4.99 Å². The number of hydrogen-bond acceptors (Lipinski definition) is 8. The lowest BCUT2D eigenvalue weighted by Gasteiger charge is -2.46. The third kappa shape index (κ3) is 8.70. The summed E-state index contributed by atoms with van der Waals surface area (Å²) in [6.07, 6.45) is 6.23. The Labute approximate surface area is 225 Å². The van der Waals surface area contributed by atoms with Crippen LogP contribution in [0.4, 0.5) is 0 Å². The van der Waals surface area contributed by atoms with Gasteiger partial charge in [0.2, 0.25) is 5.91 Å². The zero-order valence-electron chi connectivity index (χ0n) is 24.2. The standard InChI is InChI=1S/C28H54N6O3/c1-20(2)19-34(22-15-21(16-29-17-22)25(35)33-12-8-7-9-13-33)26(36)23-18-31-27(28(3,4)5)32-24(23)30-11-10-14-37-6/h18,20-24,26-27,29-30,32,36H,7-17,19H2,1-6H3/t21-,22+,23?,24-,26?,27?/m1/s1. The van der Waals surface area contributed by atoms with Gasteiger partial charge in [-0.2, -0.15) is 0 Å². The van der Waals surface area contributed by atoms with E-state index < -0.39 is 6.23 Å². The van der Waals surface area contributed by atoms with Gasteiger partial charge in [0.25, 0.3) is 0 Å². The van der Waals surface area contributed by atoms with E-state index in [2.05, 4.69) is 60.4 Å². The largest absolute Gasteiger partial charge is 0.385 e. The highest BCUT2D eigenvalue weighted by Gasteiger charge is 2.41. The SMILES string of the molecule is COCCCN[C@@H]1NC(C(C)(C)C)N=CC1C(O)N(CC(C)C)[C@@H]1CNC[C@H](C(=O)N2CCCCC2)C1. The molecule has 0 aromatic rings. The molecule has 0 saturated carbocycles. The number of nitrogens with zero attached hydrogens (tertiary/aromatic N) is 3. The molecule has 0 aromatic carbocycles. The molecule has 2 fully saturated rings. The summed E-state index contributed by atoms with van der Waals surface area (Å²) >= 11 is 0. The molecule has 9 heteroatoms. The molecule has 3 unspecified atom stereocenters. The van der Waals surface area contributed by atoms with Crippen LogP contribution in [0.5, 0.6) is 0 Å². The first-order chi connectivity index (χ1) is 17.6. The van der Waals surface area contributed by atoms with Crippen LogP contribution in [-0.4, -0.2) is 105 Å². The van der Waals surface area contributed by atoms with Gasteiger partial charge in [-0.3, -0.25) is 20.0 Å². The molecule has 2 saturated heterocycles. The van der Waals surface area contributed by atoms with E-state index in [0.29, 0.717) is 12.5 Å². The van der Waals surface area contributed by atoms with Gasteiger partial charge in [-0.25, -0.2) is 0 Å². The molecular weight excluding hydrogens is 468 g/mol. The summed E-state index contributed by atoms with van der Waals surface area (Å²) in [6.45, 7) is 16.4. The maximum absolute atomic E-state index is 13.3. The van der Waals surface area contributed by atoms with E-state index >= 15 is 0 Å². The molecular formula is C28H54N6O3. The molecule has 0 aromatic heterocycles. The number of aliphatic hydroxyl groups excluding tert-OH is 1. The van der Waals surface area contributed by atoms with Crippen molar-refractivity contribution in [1.29, 1.82) is 0 Å². The van der Waals surface area contributed by atoms with Crippen LogP contribution in [0.3, 0.4) is 0 Å². The zero-order chi connectivity index (χ0) is 27.0. The van der Waals surface area contributed by atoms with Crippen molar-refractivity contribution in [2.75, 3.05) is 53.0 Å². The van der Waals surface area contributed by atoms with Crippen LogP contribution in [-0.2, 0) is 9.53 Å². The molecule has 0 aliphatic carbocycles. The van der Waals surface area contributed by atoms with E-state index in [-0.39, 0.29) is 41.5 Å². The summed E-state index contributed by atoms with van der Waals surface area (Å²) in [6, 6.07) is 0.0905. The van der Waals surface area contributed by atoms with Crippen LogP contribution in [0.2, 0.25) is 0 Å².